The molecule has 1 aromatic rings. The maximum absolute atomic E-state index is 12.9. The molecule has 0 aliphatic carbocycles. The van der Waals surface area contributed by atoms with E-state index in [9.17, 15) is 9.59 Å². The lowest BCUT2D eigenvalue weighted by Gasteiger charge is -2.52. The molecule has 0 radical (unpaired) electrons. The van der Waals surface area contributed by atoms with Crippen LogP contribution < -0.4 is 5.32 Å². The van der Waals surface area contributed by atoms with Crippen molar-refractivity contribution in [1.29, 1.82) is 0 Å². The molecule has 1 aromatic carbocycles. The molecule has 4 atom stereocenters. The number of hydrogen-bond donors (Lipinski definition) is 1. The first kappa shape index (κ1) is 13.6. The number of halogens is 1. The third kappa shape index (κ3) is 1.28. The first-order valence-corrected chi connectivity index (χ1v) is 9.99. The van der Waals surface area contributed by atoms with Crippen molar-refractivity contribution in [3.63, 3.8) is 0 Å². The van der Waals surface area contributed by atoms with Crippen LogP contribution in [0.1, 0.15) is 12.0 Å². The van der Waals surface area contributed by atoms with Crippen molar-refractivity contribution >= 4 is 55.0 Å². The topological polar surface area (TPSA) is 52.7 Å². The average Bonchev–Trinajstić information content (AvgIpc) is 2.92. The van der Waals surface area contributed by atoms with Gasteiger partial charge in [0.05, 0.1) is 4.32 Å². The van der Waals surface area contributed by atoms with Gasteiger partial charge in [0.2, 0.25) is 0 Å². The molecule has 4 saturated heterocycles. The standard InChI is InChI=1S/C14H12BrN3O2S2/c1-17-10-9(19)18-11-13(15,6-14(18,12(17)20)22-21-10)7-4-2-3-5-8(7)16-11/h2-5,10-11,16H,6H2,1H3/t10-,11+,13-,14-/m0/s1. The van der Waals surface area contributed by atoms with Crippen LogP contribution >= 0.6 is 37.5 Å². The van der Waals surface area contributed by atoms with Gasteiger partial charge in [0.15, 0.2) is 10.2 Å². The number of carbonyl (C=O) groups is 2. The Kier molecular flexibility index (Phi) is 2.44. The van der Waals surface area contributed by atoms with E-state index in [1.165, 1.54) is 21.6 Å². The van der Waals surface area contributed by atoms with Crippen LogP contribution in [-0.2, 0) is 13.9 Å². The Morgan fingerprint density at radius 3 is 2.95 bits per heavy atom. The van der Waals surface area contributed by atoms with E-state index in [-0.39, 0.29) is 18.0 Å². The average molecular weight is 398 g/mol. The van der Waals surface area contributed by atoms with E-state index in [2.05, 4.69) is 27.3 Å². The zero-order valence-corrected chi connectivity index (χ0v) is 14.8. The Bertz CT molecular complexity index is 747. The third-order valence-corrected chi connectivity index (χ3v) is 9.37. The summed E-state index contributed by atoms with van der Waals surface area (Å²) < 4.78 is -0.414. The van der Waals surface area contributed by atoms with E-state index in [0.29, 0.717) is 6.42 Å². The molecule has 2 bridgehead atoms. The monoisotopic (exact) mass is 397 g/mol. The van der Waals surface area contributed by atoms with Crippen LogP contribution in [0.2, 0.25) is 0 Å². The summed E-state index contributed by atoms with van der Waals surface area (Å²) in [6.45, 7) is 0. The first-order valence-electron chi connectivity index (χ1n) is 6.99. The minimum atomic E-state index is -0.806. The van der Waals surface area contributed by atoms with Crippen molar-refractivity contribution in [3.05, 3.63) is 29.8 Å². The molecule has 8 heteroatoms. The fourth-order valence-corrected chi connectivity index (χ4v) is 8.69. The Morgan fingerprint density at radius 1 is 1.36 bits per heavy atom. The maximum Gasteiger partial charge on any atom is 0.261 e. The van der Waals surface area contributed by atoms with Gasteiger partial charge in [0.1, 0.15) is 6.17 Å². The summed E-state index contributed by atoms with van der Waals surface area (Å²) >= 11 is 3.88. The molecular weight excluding hydrogens is 386 g/mol. The highest BCUT2D eigenvalue weighted by Crippen LogP contribution is 2.67. The molecule has 1 N–H and O–H groups in total. The number of likely N-dealkylation sites (N-methyl/N-ethyl adjacent to an activating group) is 1. The Morgan fingerprint density at radius 2 is 2.14 bits per heavy atom. The molecule has 0 aromatic heterocycles. The van der Waals surface area contributed by atoms with Gasteiger partial charge in [-0.05, 0) is 11.6 Å². The number of amides is 2. The van der Waals surface area contributed by atoms with E-state index in [1.54, 1.807) is 16.8 Å². The Labute approximate surface area is 143 Å². The largest absolute Gasteiger partial charge is 0.363 e. The molecule has 5 aliphatic heterocycles. The molecule has 1 spiro atoms. The number of carbonyl (C=O) groups excluding carboxylic acids is 2. The predicted octanol–water partition coefficient (Wildman–Crippen LogP) is 2.15. The number of benzene rings is 1. The molecular formula is C14H12BrN3O2S2. The van der Waals surface area contributed by atoms with Crippen LogP contribution in [-0.4, -0.2) is 45.1 Å². The van der Waals surface area contributed by atoms with E-state index >= 15 is 0 Å². The summed E-state index contributed by atoms with van der Waals surface area (Å²) in [7, 11) is 4.77. The molecule has 6 rings (SSSR count). The molecule has 0 unspecified atom stereocenters. The van der Waals surface area contributed by atoms with E-state index in [4.69, 9.17) is 0 Å². The van der Waals surface area contributed by atoms with Crippen LogP contribution in [0.4, 0.5) is 5.69 Å². The summed E-state index contributed by atoms with van der Waals surface area (Å²) in [6.07, 6.45) is 0.361. The summed E-state index contributed by atoms with van der Waals surface area (Å²) in [4.78, 5) is 28.3. The van der Waals surface area contributed by atoms with Crippen LogP contribution in [0.3, 0.4) is 0 Å². The molecule has 0 saturated carbocycles. The van der Waals surface area contributed by atoms with Gasteiger partial charge in [-0.2, -0.15) is 0 Å². The molecule has 2 amide bonds. The van der Waals surface area contributed by atoms with Crippen LogP contribution in [0.25, 0.3) is 0 Å². The number of rotatable bonds is 0. The van der Waals surface area contributed by atoms with Crippen molar-refractivity contribution in [2.24, 2.45) is 0 Å². The van der Waals surface area contributed by atoms with Gasteiger partial charge in [0, 0.05) is 19.2 Å². The normalized spacial score (nSPS) is 41.4. The second-order valence-electron chi connectivity index (χ2n) is 6.07. The van der Waals surface area contributed by atoms with E-state index in [0.717, 1.165) is 11.3 Å². The summed E-state index contributed by atoms with van der Waals surface area (Å²) in [5.41, 5.74) is 2.16. The molecule has 4 fully saturated rings. The highest BCUT2D eigenvalue weighted by Gasteiger charge is 2.73. The van der Waals surface area contributed by atoms with Gasteiger partial charge in [-0.15, -0.1) is 0 Å². The number of piperazine rings is 1. The quantitative estimate of drug-likeness (QED) is 0.536. The van der Waals surface area contributed by atoms with Crippen molar-refractivity contribution in [3.8, 4) is 0 Å². The lowest BCUT2D eigenvalue weighted by Crippen LogP contribution is -2.70. The second kappa shape index (κ2) is 3.96. The molecule has 114 valence electrons. The minimum absolute atomic E-state index is 0.0254. The fraction of sp³-hybridized carbons (Fsp3) is 0.429. The number of fused-ring (bicyclic) bond motifs is 5. The highest BCUT2D eigenvalue weighted by atomic mass is 79.9. The SMILES string of the molecule is CN1C(=O)[C@@]23C[C@]4(Br)c5ccccc5N[C@@H]4N2C(=O)[C@@H]1SS3. The first-order chi connectivity index (χ1) is 10.5. The van der Waals surface area contributed by atoms with E-state index in [1.807, 2.05) is 18.2 Å². The predicted molar refractivity (Wildman–Crippen MR) is 90.4 cm³/mol. The Hall–Kier alpha value is -0.860. The molecule has 22 heavy (non-hydrogen) atoms. The number of hydrogen-bond acceptors (Lipinski definition) is 5. The van der Waals surface area contributed by atoms with Crippen molar-refractivity contribution in [2.45, 2.75) is 27.2 Å². The zero-order valence-electron chi connectivity index (χ0n) is 11.6. The number of anilines is 1. The molecule has 5 aliphatic rings. The van der Waals surface area contributed by atoms with Crippen LogP contribution in [0.15, 0.2) is 24.3 Å². The van der Waals surface area contributed by atoms with Gasteiger partial charge in [-0.1, -0.05) is 55.7 Å². The number of nitrogens with zero attached hydrogens (tertiary/aromatic N) is 2. The van der Waals surface area contributed by atoms with Crippen LogP contribution in [0, 0.1) is 0 Å². The summed E-state index contributed by atoms with van der Waals surface area (Å²) in [6, 6.07) is 8.06. The summed E-state index contributed by atoms with van der Waals surface area (Å²) in [5.74, 6) is 0.0610. The van der Waals surface area contributed by atoms with Gasteiger partial charge < -0.3 is 10.2 Å². The maximum atomic E-state index is 12.9. The Balaban J connectivity index is 1.71. The van der Waals surface area contributed by atoms with Crippen molar-refractivity contribution in [1.82, 2.24) is 9.80 Å². The fourth-order valence-electron chi connectivity index (χ4n) is 3.97. The molecule has 5 nitrogen and oxygen atoms in total. The lowest BCUT2D eigenvalue weighted by atomic mass is 9.95. The minimum Gasteiger partial charge on any atom is -0.363 e. The van der Waals surface area contributed by atoms with Gasteiger partial charge in [0.25, 0.3) is 11.8 Å². The van der Waals surface area contributed by atoms with Gasteiger partial charge in [-0.3, -0.25) is 14.5 Å². The second-order valence-corrected chi connectivity index (χ2v) is 10.0. The number of nitrogens with one attached hydrogen (secondary N) is 1. The lowest BCUT2D eigenvalue weighted by molar-refractivity contribution is -0.157. The number of alkyl halides is 1. The summed E-state index contributed by atoms with van der Waals surface area (Å²) in [5, 5.41) is 3.03. The third-order valence-electron chi connectivity index (χ3n) is 4.98. The van der Waals surface area contributed by atoms with Gasteiger partial charge >= 0.3 is 0 Å². The van der Waals surface area contributed by atoms with E-state index < -0.39 is 14.6 Å². The van der Waals surface area contributed by atoms with Crippen LogP contribution in [0.5, 0.6) is 0 Å². The highest BCUT2D eigenvalue weighted by molar-refractivity contribution is 9.09. The van der Waals surface area contributed by atoms with Crippen molar-refractivity contribution in [2.75, 3.05) is 12.4 Å². The number of para-hydroxylation sites is 1. The molecule has 5 heterocycles. The van der Waals surface area contributed by atoms with Crippen molar-refractivity contribution < 1.29 is 9.59 Å². The zero-order chi connectivity index (χ0) is 15.3. The van der Waals surface area contributed by atoms with Gasteiger partial charge in [-0.25, -0.2) is 0 Å². The smallest absolute Gasteiger partial charge is 0.261 e.